The zero-order valence-corrected chi connectivity index (χ0v) is 8.03. The first kappa shape index (κ1) is 8.56. The third-order valence-electron chi connectivity index (χ3n) is 2.51. The molecule has 1 aliphatic heterocycles. The van der Waals surface area contributed by atoms with Crippen molar-refractivity contribution in [2.24, 2.45) is 7.05 Å². The van der Waals surface area contributed by atoms with Crippen molar-refractivity contribution in [3.63, 3.8) is 0 Å². The van der Waals surface area contributed by atoms with Crippen molar-refractivity contribution < 1.29 is 4.74 Å². The van der Waals surface area contributed by atoms with E-state index in [4.69, 9.17) is 4.74 Å². The average molecular weight is 181 g/mol. The normalized spacial score (nSPS) is 27.8. The Balaban J connectivity index is 2.01. The van der Waals surface area contributed by atoms with E-state index in [1.54, 1.807) is 6.20 Å². The van der Waals surface area contributed by atoms with E-state index in [0.717, 1.165) is 19.0 Å². The van der Waals surface area contributed by atoms with Crippen LogP contribution in [0.15, 0.2) is 12.4 Å². The molecule has 1 aromatic rings. The summed E-state index contributed by atoms with van der Waals surface area (Å²) in [6.07, 6.45) is 5.08. The van der Waals surface area contributed by atoms with Crippen molar-refractivity contribution in [3.8, 4) is 0 Å². The summed E-state index contributed by atoms with van der Waals surface area (Å²) < 4.78 is 7.43. The average Bonchev–Trinajstić information content (AvgIpc) is 2.65. The van der Waals surface area contributed by atoms with Crippen LogP contribution in [0.2, 0.25) is 0 Å². The van der Waals surface area contributed by atoms with E-state index in [-0.39, 0.29) is 6.10 Å². The molecule has 13 heavy (non-hydrogen) atoms. The molecular weight excluding hydrogens is 166 g/mol. The quantitative estimate of drug-likeness (QED) is 0.740. The Labute approximate surface area is 77.9 Å². The van der Waals surface area contributed by atoms with E-state index >= 15 is 0 Å². The number of aromatic nitrogens is 2. The van der Waals surface area contributed by atoms with Gasteiger partial charge in [-0.25, -0.2) is 4.98 Å². The third-order valence-corrected chi connectivity index (χ3v) is 2.51. The number of hydrogen-bond acceptors (Lipinski definition) is 3. The van der Waals surface area contributed by atoms with Gasteiger partial charge in [-0.05, 0) is 13.3 Å². The van der Waals surface area contributed by atoms with Gasteiger partial charge in [-0.15, -0.1) is 0 Å². The summed E-state index contributed by atoms with van der Waals surface area (Å²) >= 11 is 0. The molecule has 0 aliphatic carbocycles. The lowest BCUT2D eigenvalue weighted by Gasteiger charge is -2.16. The Morgan fingerprint density at radius 3 is 3.08 bits per heavy atom. The number of anilines is 1. The molecule has 4 nitrogen and oxygen atoms in total. The largest absolute Gasteiger partial charge is 0.376 e. The fourth-order valence-corrected chi connectivity index (χ4v) is 1.59. The number of aryl methyl sites for hydroxylation is 1. The fourth-order valence-electron chi connectivity index (χ4n) is 1.59. The zero-order chi connectivity index (χ0) is 9.26. The van der Waals surface area contributed by atoms with Gasteiger partial charge in [0.2, 0.25) is 5.95 Å². The lowest BCUT2D eigenvalue weighted by molar-refractivity contribution is 0.121. The fraction of sp³-hybridized carbons (Fsp3) is 0.667. The molecule has 1 aliphatic rings. The third kappa shape index (κ3) is 1.67. The predicted molar refractivity (Wildman–Crippen MR) is 50.6 cm³/mol. The molecule has 0 saturated carbocycles. The summed E-state index contributed by atoms with van der Waals surface area (Å²) in [5.74, 6) is 0.919. The van der Waals surface area contributed by atoms with Crippen LogP contribution in [0.3, 0.4) is 0 Å². The number of nitrogens with one attached hydrogen (secondary N) is 1. The van der Waals surface area contributed by atoms with Crippen LogP contribution in [0.4, 0.5) is 5.95 Å². The minimum Gasteiger partial charge on any atom is -0.376 e. The van der Waals surface area contributed by atoms with Crippen LogP contribution in [0, 0.1) is 0 Å². The highest BCUT2D eigenvalue weighted by atomic mass is 16.5. The van der Waals surface area contributed by atoms with Crippen LogP contribution in [0.5, 0.6) is 0 Å². The minimum absolute atomic E-state index is 0.289. The van der Waals surface area contributed by atoms with Gasteiger partial charge in [0, 0.05) is 26.0 Å². The van der Waals surface area contributed by atoms with Crippen molar-refractivity contribution in [1.82, 2.24) is 9.55 Å². The van der Waals surface area contributed by atoms with Crippen molar-refractivity contribution in [1.29, 1.82) is 0 Å². The molecule has 1 fully saturated rings. The molecule has 2 unspecified atom stereocenters. The number of rotatable bonds is 2. The maximum absolute atomic E-state index is 5.45. The van der Waals surface area contributed by atoms with Gasteiger partial charge in [0.05, 0.1) is 12.1 Å². The summed E-state index contributed by atoms with van der Waals surface area (Å²) in [5.41, 5.74) is 0. The molecule has 2 heterocycles. The molecule has 4 heteroatoms. The molecule has 1 aromatic heterocycles. The molecule has 1 N–H and O–H groups in total. The Kier molecular flexibility index (Phi) is 2.22. The van der Waals surface area contributed by atoms with Crippen molar-refractivity contribution in [2.45, 2.75) is 25.5 Å². The highest BCUT2D eigenvalue weighted by Gasteiger charge is 2.24. The first-order chi connectivity index (χ1) is 6.27. The summed E-state index contributed by atoms with van der Waals surface area (Å²) in [5, 5.41) is 3.37. The Hall–Kier alpha value is -1.03. The number of nitrogens with zero attached hydrogens (tertiary/aromatic N) is 2. The second-order valence-corrected chi connectivity index (χ2v) is 3.48. The van der Waals surface area contributed by atoms with Crippen LogP contribution >= 0.6 is 0 Å². The monoisotopic (exact) mass is 181 g/mol. The van der Waals surface area contributed by atoms with E-state index in [1.165, 1.54) is 0 Å². The smallest absolute Gasteiger partial charge is 0.202 e. The highest BCUT2D eigenvalue weighted by molar-refractivity contribution is 5.27. The van der Waals surface area contributed by atoms with Crippen molar-refractivity contribution in [2.75, 3.05) is 11.9 Å². The van der Waals surface area contributed by atoms with Gasteiger partial charge >= 0.3 is 0 Å². The van der Waals surface area contributed by atoms with Crippen LogP contribution in [-0.2, 0) is 11.8 Å². The highest BCUT2D eigenvalue weighted by Crippen LogP contribution is 2.16. The summed E-state index contributed by atoms with van der Waals surface area (Å²) in [6.45, 7) is 2.94. The molecule has 72 valence electrons. The number of ether oxygens (including phenoxy) is 1. The maximum Gasteiger partial charge on any atom is 0.202 e. The van der Waals surface area contributed by atoms with Gasteiger partial charge in [-0.3, -0.25) is 0 Å². The first-order valence-electron chi connectivity index (χ1n) is 4.63. The predicted octanol–water partition coefficient (Wildman–Crippen LogP) is 1.01. The zero-order valence-electron chi connectivity index (χ0n) is 8.03. The van der Waals surface area contributed by atoms with Gasteiger partial charge in [0.15, 0.2) is 0 Å². The standard InChI is InChI=1S/C9H15N3O/c1-7-8(3-6-13-7)11-9-10-4-5-12(9)2/h4-5,7-8H,3,6H2,1-2H3,(H,10,11). The molecule has 0 spiro atoms. The van der Waals surface area contributed by atoms with E-state index in [2.05, 4.69) is 17.2 Å². The molecule has 0 bridgehead atoms. The van der Waals surface area contributed by atoms with Crippen molar-refractivity contribution >= 4 is 5.95 Å². The van der Waals surface area contributed by atoms with E-state index in [9.17, 15) is 0 Å². The first-order valence-corrected chi connectivity index (χ1v) is 4.63. The van der Waals surface area contributed by atoms with E-state index in [0.29, 0.717) is 6.04 Å². The summed E-state index contributed by atoms with van der Waals surface area (Å²) in [7, 11) is 1.98. The SMILES string of the molecule is CC1OCCC1Nc1nccn1C. The van der Waals surface area contributed by atoms with Gasteiger partial charge in [-0.2, -0.15) is 0 Å². The number of hydrogen-bond donors (Lipinski definition) is 1. The van der Waals surface area contributed by atoms with Gasteiger partial charge in [0.25, 0.3) is 0 Å². The van der Waals surface area contributed by atoms with Crippen molar-refractivity contribution in [3.05, 3.63) is 12.4 Å². The van der Waals surface area contributed by atoms with Crippen LogP contribution in [-0.4, -0.2) is 28.3 Å². The molecule has 2 atom stereocenters. The second kappa shape index (κ2) is 3.38. The van der Waals surface area contributed by atoms with Crippen LogP contribution in [0.25, 0.3) is 0 Å². The Morgan fingerprint density at radius 1 is 1.69 bits per heavy atom. The molecule has 0 aromatic carbocycles. The topological polar surface area (TPSA) is 39.1 Å². The molecular formula is C9H15N3O. The van der Waals surface area contributed by atoms with Gasteiger partial charge in [0.1, 0.15) is 0 Å². The Morgan fingerprint density at radius 2 is 2.54 bits per heavy atom. The van der Waals surface area contributed by atoms with E-state index < -0.39 is 0 Å². The minimum atomic E-state index is 0.289. The van der Waals surface area contributed by atoms with Gasteiger partial charge < -0.3 is 14.6 Å². The molecule has 0 radical (unpaired) electrons. The lowest BCUT2D eigenvalue weighted by Crippen LogP contribution is -2.27. The summed E-state index contributed by atoms with van der Waals surface area (Å²) in [4.78, 5) is 4.21. The second-order valence-electron chi connectivity index (χ2n) is 3.48. The van der Waals surface area contributed by atoms with Crippen LogP contribution in [0.1, 0.15) is 13.3 Å². The van der Waals surface area contributed by atoms with Gasteiger partial charge in [-0.1, -0.05) is 0 Å². The maximum atomic E-state index is 5.45. The molecule has 2 rings (SSSR count). The number of imidazole rings is 1. The van der Waals surface area contributed by atoms with Crippen LogP contribution < -0.4 is 5.32 Å². The summed E-state index contributed by atoms with van der Waals surface area (Å²) in [6, 6.07) is 0.404. The molecule has 1 saturated heterocycles. The van der Waals surface area contributed by atoms with E-state index in [1.807, 2.05) is 17.8 Å². The Bertz CT molecular complexity index is 284. The molecule has 0 amide bonds. The lowest BCUT2D eigenvalue weighted by atomic mass is 10.2.